The highest BCUT2D eigenvalue weighted by atomic mass is 16.3. The van der Waals surface area contributed by atoms with Gasteiger partial charge in [0.1, 0.15) is 11.5 Å². The smallest absolute Gasteiger partial charge is 0.109 e. The van der Waals surface area contributed by atoms with Gasteiger partial charge in [0, 0.05) is 17.5 Å². The Bertz CT molecular complexity index is 494. The highest BCUT2D eigenvalue weighted by Crippen LogP contribution is 2.36. The van der Waals surface area contributed by atoms with Crippen molar-refractivity contribution in [2.45, 2.75) is 32.6 Å². The summed E-state index contributed by atoms with van der Waals surface area (Å²) in [6.07, 6.45) is 4.86. The molecule has 1 aliphatic carbocycles. The summed E-state index contributed by atoms with van der Waals surface area (Å²) in [5.41, 5.74) is 4.09. The average Bonchev–Trinajstić information content (AvgIpc) is 2.66. The Morgan fingerprint density at radius 1 is 1.00 bits per heavy atom. The molecule has 0 fully saturated rings. The number of fused-ring (bicyclic) bond motifs is 1. The summed E-state index contributed by atoms with van der Waals surface area (Å²) in [7, 11) is 0. The van der Waals surface area contributed by atoms with Crippen molar-refractivity contribution in [3.05, 3.63) is 47.4 Å². The molecule has 0 saturated heterocycles. The predicted octanol–water partition coefficient (Wildman–Crippen LogP) is 4.13. The number of rotatable bonds is 1. The van der Waals surface area contributed by atoms with E-state index in [1.54, 1.807) is 0 Å². The van der Waals surface area contributed by atoms with Crippen LogP contribution in [0.25, 0.3) is 11.1 Å². The monoisotopic (exact) mass is 212 g/mol. The van der Waals surface area contributed by atoms with Gasteiger partial charge < -0.3 is 4.42 Å². The highest BCUT2D eigenvalue weighted by Gasteiger charge is 2.21. The normalized spacial score (nSPS) is 14.8. The molecule has 1 nitrogen and oxygen atoms in total. The Morgan fingerprint density at radius 2 is 1.75 bits per heavy atom. The minimum atomic E-state index is 1.08. The second-order valence-corrected chi connectivity index (χ2v) is 4.51. The number of furan rings is 1. The molecule has 1 aliphatic rings. The predicted molar refractivity (Wildman–Crippen MR) is 65.5 cm³/mol. The van der Waals surface area contributed by atoms with Crippen molar-refractivity contribution in [1.82, 2.24) is 0 Å². The van der Waals surface area contributed by atoms with E-state index in [0.717, 1.165) is 12.2 Å². The minimum absolute atomic E-state index is 1.08. The Labute approximate surface area is 96.1 Å². The second kappa shape index (κ2) is 3.82. The van der Waals surface area contributed by atoms with Crippen LogP contribution in [0.4, 0.5) is 0 Å². The third kappa shape index (κ3) is 1.47. The van der Waals surface area contributed by atoms with E-state index in [-0.39, 0.29) is 0 Å². The molecule has 3 rings (SSSR count). The van der Waals surface area contributed by atoms with Crippen molar-refractivity contribution < 1.29 is 4.42 Å². The van der Waals surface area contributed by atoms with Crippen molar-refractivity contribution in [1.29, 1.82) is 0 Å². The van der Waals surface area contributed by atoms with Crippen molar-refractivity contribution in [3.63, 3.8) is 0 Å². The van der Waals surface area contributed by atoms with Gasteiger partial charge in [-0.15, -0.1) is 0 Å². The molecule has 0 saturated carbocycles. The summed E-state index contributed by atoms with van der Waals surface area (Å²) in [5.74, 6) is 2.31. The van der Waals surface area contributed by atoms with Crippen LogP contribution in [-0.4, -0.2) is 0 Å². The largest absolute Gasteiger partial charge is 0.465 e. The lowest BCUT2D eigenvalue weighted by Gasteiger charge is -2.11. The van der Waals surface area contributed by atoms with E-state index in [2.05, 4.69) is 37.3 Å². The fourth-order valence-electron chi connectivity index (χ4n) is 2.69. The number of hydrogen-bond acceptors (Lipinski definition) is 1. The Morgan fingerprint density at radius 3 is 2.56 bits per heavy atom. The molecule has 1 aromatic heterocycles. The first-order chi connectivity index (χ1) is 7.86. The van der Waals surface area contributed by atoms with Gasteiger partial charge in [0.25, 0.3) is 0 Å². The van der Waals surface area contributed by atoms with Gasteiger partial charge >= 0.3 is 0 Å². The van der Waals surface area contributed by atoms with Crippen molar-refractivity contribution in [2.75, 3.05) is 0 Å². The average molecular weight is 212 g/mol. The molecule has 0 radical (unpaired) electrons. The maximum absolute atomic E-state index is 5.89. The van der Waals surface area contributed by atoms with Gasteiger partial charge in [0.05, 0.1) is 0 Å². The van der Waals surface area contributed by atoms with Crippen LogP contribution in [0.3, 0.4) is 0 Å². The second-order valence-electron chi connectivity index (χ2n) is 4.51. The van der Waals surface area contributed by atoms with Crippen LogP contribution in [-0.2, 0) is 12.8 Å². The molecule has 1 heterocycles. The molecular formula is C15H16O. The zero-order valence-corrected chi connectivity index (χ0v) is 9.62. The number of aryl methyl sites for hydroxylation is 2. The Kier molecular flexibility index (Phi) is 2.32. The lowest BCUT2D eigenvalue weighted by Crippen LogP contribution is -1.99. The van der Waals surface area contributed by atoms with E-state index in [9.17, 15) is 0 Å². The summed E-state index contributed by atoms with van der Waals surface area (Å²) >= 11 is 0. The van der Waals surface area contributed by atoms with Gasteiger partial charge in [-0.05, 0) is 31.7 Å². The van der Waals surface area contributed by atoms with Crippen LogP contribution in [0.1, 0.15) is 29.9 Å². The molecule has 0 amide bonds. The topological polar surface area (TPSA) is 13.1 Å². The molecule has 0 aliphatic heterocycles. The molecule has 0 bridgehead atoms. The summed E-state index contributed by atoms with van der Waals surface area (Å²) in [6, 6.07) is 10.6. The molecule has 16 heavy (non-hydrogen) atoms. The van der Waals surface area contributed by atoms with Gasteiger partial charge in [-0.2, -0.15) is 0 Å². The SMILES string of the molecule is Cc1oc2c(c1-c1ccccc1)CCCC2. The fourth-order valence-corrected chi connectivity index (χ4v) is 2.69. The fraction of sp³-hybridized carbons (Fsp3) is 0.333. The van der Waals surface area contributed by atoms with Crippen LogP contribution < -0.4 is 0 Å². The van der Waals surface area contributed by atoms with Gasteiger partial charge in [-0.25, -0.2) is 0 Å². The highest BCUT2D eigenvalue weighted by molar-refractivity contribution is 5.70. The molecule has 0 atom stereocenters. The third-order valence-electron chi connectivity index (χ3n) is 3.41. The molecule has 2 aromatic rings. The number of hydrogen-bond donors (Lipinski definition) is 0. The van der Waals surface area contributed by atoms with E-state index in [4.69, 9.17) is 4.42 Å². The summed E-state index contributed by atoms with van der Waals surface area (Å²) in [4.78, 5) is 0. The maximum atomic E-state index is 5.89. The quantitative estimate of drug-likeness (QED) is 0.692. The summed E-state index contributed by atoms with van der Waals surface area (Å²) < 4.78 is 5.89. The summed E-state index contributed by atoms with van der Waals surface area (Å²) in [5, 5.41) is 0. The summed E-state index contributed by atoms with van der Waals surface area (Å²) in [6.45, 7) is 2.08. The van der Waals surface area contributed by atoms with E-state index >= 15 is 0 Å². The Balaban J connectivity index is 2.17. The van der Waals surface area contributed by atoms with Crippen molar-refractivity contribution in [3.8, 4) is 11.1 Å². The van der Waals surface area contributed by atoms with Crippen LogP contribution >= 0.6 is 0 Å². The van der Waals surface area contributed by atoms with Crippen LogP contribution in [0.2, 0.25) is 0 Å². The molecule has 1 heteroatoms. The third-order valence-corrected chi connectivity index (χ3v) is 3.41. The van der Waals surface area contributed by atoms with E-state index in [1.165, 1.54) is 41.7 Å². The first kappa shape index (κ1) is 9.71. The van der Waals surface area contributed by atoms with Crippen LogP contribution in [0.5, 0.6) is 0 Å². The van der Waals surface area contributed by atoms with Gasteiger partial charge in [0.15, 0.2) is 0 Å². The molecule has 1 aromatic carbocycles. The van der Waals surface area contributed by atoms with Crippen LogP contribution in [0.15, 0.2) is 34.7 Å². The molecule has 0 N–H and O–H groups in total. The first-order valence-corrected chi connectivity index (χ1v) is 6.03. The van der Waals surface area contributed by atoms with Crippen molar-refractivity contribution >= 4 is 0 Å². The van der Waals surface area contributed by atoms with Gasteiger partial charge in [-0.1, -0.05) is 30.3 Å². The van der Waals surface area contributed by atoms with Gasteiger partial charge in [0.2, 0.25) is 0 Å². The molecule has 82 valence electrons. The lowest BCUT2D eigenvalue weighted by molar-refractivity contribution is 0.458. The first-order valence-electron chi connectivity index (χ1n) is 6.03. The van der Waals surface area contributed by atoms with E-state index in [1.807, 2.05) is 0 Å². The van der Waals surface area contributed by atoms with Gasteiger partial charge in [-0.3, -0.25) is 0 Å². The van der Waals surface area contributed by atoms with E-state index in [0.29, 0.717) is 0 Å². The van der Waals surface area contributed by atoms with Crippen molar-refractivity contribution in [2.24, 2.45) is 0 Å². The minimum Gasteiger partial charge on any atom is -0.465 e. The van der Waals surface area contributed by atoms with E-state index < -0.39 is 0 Å². The molecule has 0 unspecified atom stereocenters. The van der Waals surface area contributed by atoms with Crippen LogP contribution in [0, 0.1) is 6.92 Å². The zero-order chi connectivity index (χ0) is 11.0. The standard InChI is InChI=1S/C15H16O/c1-11-15(12-7-3-2-4-8-12)13-9-5-6-10-14(13)16-11/h2-4,7-8H,5-6,9-10H2,1H3. The molecule has 0 spiro atoms. The lowest BCUT2D eigenvalue weighted by atomic mass is 9.91. The zero-order valence-electron chi connectivity index (χ0n) is 9.62. The molecular weight excluding hydrogens is 196 g/mol. The Hall–Kier alpha value is -1.50. The number of benzene rings is 1. The maximum Gasteiger partial charge on any atom is 0.109 e.